The summed E-state index contributed by atoms with van der Waals surface area (Å²) in [7, 11) is 0. The Hall–Kier alpha value is -1.26. The van der Waals surface area contributed by atoms with Gasteiger partial charge in [0.1, 0.15) is 0 Å². The fraction of sp³-hybridized carbons (Fsp3) is 0.875. The zero-order valence-corrected chi connectivity index (χ0v) is 13.5. The topological polar surface area (TPSA) is 60.9 Å². The molecule has 1 aliphatic heterocycles. The highest BCUT2D eigenvalue weighted by molar-refractivity contribution is 5.76. The smallest absolute Gasteiger partial charge is 0.320 e. The second-order valence-electron chi connectivity index (χ2n) is 7.02. The second-order valence-corrected chi connectivity index (χ2v) is 7.02. The Kier molecular flexibility index (Phi) is 4.79. The van der Waals surface area contributed by atoms with E-state index in [1.54, 1.807) is 13.8 Å². The largest absolute Gasteiger partial charge is 0.481 e. The molecule has 21 heavy (non-hydrogen) atoms. The van der Waals surface area contributed by atoms with E-state index >= 15 is 0 Å². The third-order valence-corrected chi connectivity index (χ3v) is 4.96. The van der Waals surface area contributed by atoms with Gasteiger partial charge in [0, 0.05) is 25.7 Å². The van der Waals surface area contributed by atoms with Crippen LogP contribution in [0.4, 0.5) is 4.79 Å². The Morgan fingerprint density at radius 2 is 1.95 bits per heavy atom. The monoisotopic (exact) mass is 296 g/mol. The first-order chi connectivity index (χ1) is 9.87. The van der Waals surface area contributed by atoms with Gasteiger partial charge in [0.25, 0.3) is 0 Å². The average Bonchev–Trinajstić information content (AvgIpc) is 3.28. The summed E-state index contributed by atoms with van der Waals surface area (Å²) in [4.78, 5) is 28.0. The summed E-state index contributed by atoms with van der Waals surface area (Å²) >= 11 is 0. The molecular formula is C16H28N2O3. The number of amides is 2. The van der Waals surface area contributed by atoms with Crippen molar-refractivity contribution in [2.75, 3.05) is 19.6 Å². The van der Waals surface area contributed by atoms with Crippen molar-refractivity contribution in [3.8, 4) is 0 Å². The summed E-state index contributed by atoms with van der Waals surface area (Å²) in [6.45, 7) is 7.79. The minimum Gasteiger partial charge on any atom is -0.481 e. The maximum Gasteiger partial charge on any atom is 0.320 e. The van der Waals surface area contributed by atoms with Gasteiger partial charge in [-0.1, -0.05) is 6.92 Å². The molecule has 5 nitrogen and oxygen atoms in total. The van der Waals surface area contributed by atoms with Crippen LogP contribution in [-0.4, -0.2) is 52.6 Å². The van der Waals surface area contributed by atoms with E-state index in [4.69, 9.17) is 0 Å². The molecule has 1 unspecified atom stereocenters. The Balaban J connectivity index is 2.02. The van der Waals surface area contributed by atoms with Crippen LogP contribution in [0.1, 0.15) is 52.9 Å². The number of nitrogens with zero attached hydrogens (tertiary/aromatic N) is 2. The number of rotatable bonds is 5. The molecule has 0 bridgehead atoms. The number of piperidine rings is 1. The zero-order valence-electron chi connectivity index (χ0n) is 13.5. The molecule has 1 saturated heterocycles. The number of aliphatic carboxylic acids is 1. The molecule has 1 saturated carbocycles. The van der Waals surface area contributed by atoms with Crippen LogP contribution in [0.15, 0.2) is 0 Å². The van der Waals surface area contributed by atoms with Gasteiger partial charge in [-0.25, -0.2) is 4.79 Å². The summed E-state index contributed by atoms with van der Waals surface area (Å²) in [5.74, 6) is -0.732. The first-order valence-corrected chi connectivity index (χ1v) is 8.16. The van der Waals surface area contributed by atoms with Crippen molar-refractivity contribution in [2.45, 2.75) is 58.9 Å². The SMILES string of the molecule is CCCN(C(=O)N1CCCC(C(C)(C)C(=O)O)C1)C1CC1. The minimum atomic E-state index is -0.770. The second kappa shape index (κ2) is 6.24. The molecule has 1 aliphatic carbocycles. The Morgan fingerprint density at radius 1 is 1.29 bits per heavy atom. The van der Waals surface area contributed by atoms with E-state index in [0.29, 0.717) is 12.6 Å². The van der Waals surface area contributed by atoms with Crippen LogP contribution in [-0.2, 0) is 4.79 Å². The third kappa shape index (κ3) is 3.50. The first kappa shape index (κ1) is 16.1. The predicted molar refractivity (Wildman–Crippen MR) is 81.1 cm³/mol. The molecule has 2 amide bonds. The van der Waals surface area contributed by atoms with Gasteiger partial charge in [-0.3, -0.25) is 4.79 Å². The van der Waals surface area contributed by atoms with Crippen molar-refractivity contribution in [3.63, 3.8) is 0 Å². The average molecular weight is 296 g/mol. The van der Waals surface area contributed by atoms with Gasteiger partial charge in [0.05, 0.1) is 5.41 Å². The molecule has 5 heteroatoms. The summed E-state index contributed by atoms with van der Waals surface area (Å²) in [5, 5.41) is 9.40. The molecule has 0 aromatic rings. The van der Waals surface area contributed by atoms with Gasteiger partial charge in [0.2, 0.25) is 0 Å². The Morgan fingerprint density at radius 3 is 2.48 bits per heavy atom. The Bertz CT molecular complexity index is 404. The van der Waals surface area contributed by atoms with Crippen LogP contribution in [0.5, 0.6) is 0 Å². The van der Waals surface area contributed by atoms with Crippen molar-refractivity contribution in [3.05, 3.63) is 0 Å². The number of carboxylic acids is 1. The highest BCUT2D eigenvalue weighted by atomic mass is 16.4. The summed E-state index contributed by atoms with van der Waals surface area (Å²) in [5.41, 5.74) is -0.770. The van der Waals surface area contributed by atoms with Crippen molar-refractivity contribution in [1.82, 2.24) is 9.80 Å². The van der Waals surface area contributed by atoms with Crippen LogP contribution in [0.25, 0.3) is 0 Å². The van der Waals surface area contributed by atoms with E-state index in [2.05, 4.69) is 6.92 Å². The standard InChI is InChI=1S/C16H28N2O3/c1-4-9-18(13-7-8-13)15(21)17-10-5-6-12(11-17)16(2,3)14(19)20/h12-13H,4-11H2,1-3H3,(H,19,20). The lowest BCUT2D eigenvalue weighted by molar-refractivity contribution is -0.151. The lowest BCUT2D eigenvalue weighted by atomic mass is 9.74. The lowest BCUT2D eigenvalue weighted by Crippen LogP contribution is -2.51. The van der Waals surface area contributed by atoms with Gasteiger partial charge in [-0.15, -0.1) is 0 Å². The van der Waals surface area contributed by atoms with E-state index in [9.17, 15) is 14.7 Å². The van der Waals surface area contributed by atoms with Crippen LogP contribution in [0, 0.1) is 11.3 Å². The highest BCUT2D eigenvalue weighted by Crippen LogP contribution is 2.35. The first-order valence-electron chi connectivity index (χ1n) is 8.16. The quantitative estimate of drug-likeness (QED) is 0.848. The molecule has 0 aromatic carbocycles. The highest BCUT2D eigenvalue weighted by Gasteiger charge is 2.42. The van der Waals surface area contributed by atoms with Crippen LogP contribution in [0.2, 0.25) is 0 Å². The molecule has 2 fully saturated rings. The fourth-order valence-corrected chi connectivity index (χ4v) is 3.16. The summed E-state index contributed by atoms with van der Waals surface area (Å²) < 4.78 is 0. The van der Waals surface area contributed by atoms with Crippen molar-refractivity contribution in [2.24, 2.45) is 11.3 Å². The predicted octanol–water partition coefficient (Wildman–Crippen LogP) is 2.80. The van der Waals surface area contributed by atoms with Crippen molar-refractivity contribution >= 4 is 12.0 Å². The maximum atomic E-state index is 12.7. The van der Waals surface area contributed by atoms with Gasteiger partial charge >= 0.3 is 12.0 Å². The van der Waals surface area contributed by atoms with Crippen LogP contribution < -0.4 is 0 Å². The van der Waals surface area contributed by atoms with Crippen LogP contribution >= 0.6 is 0 Å². The zero-order chi connectivity index (χ0) is 15.6. The molecule has 0 spiro atoms. The molecule has 1 N–H and O–H groups in total. The van der Waals surface area contributed by atoms with E-state index in [-0.39, 0.29) is 11.9 Å². The van der Waals surface area contributed by atoms with Crippen molar-refractivity contribution in [1.29, 1.82) is 0 Å². The van der Waals surface area contributed by atoms with E-state index in [1.807, 2.05) is 9.80 Å². The minimum absolute atomic E-state index is 0.0374. The lowest BCUT2D eigenvalue weighted by Gasteiger charge is -2.41. The van der Waals surface area contributed by atoms with E-state index in [1.165, 1.54) is 0 Å². The van der Waals surface area contributed by atoms with Crippen LogP contribution in [0.3, 0.4) is 0 Å². The fourth-order valence-electron chi connectivity index (χ4n) is 3.16. The molecule has 0 aromatic heterocycles. The van der Waals surface area contributed by atoms with Gasteiger partial charge in [-0.2, -0.15) is 0 Å². The normalized spacial score (nSPS) is 23.0. The van der Waals surface area contributed by atoms with Gasteiger partial charge in [0.15, 0.2) is 0 Å². The molecule has 0 radical (unpaired) electrons. The van der Waals surface area contributed by atoms with Gasteiger partial charge in [-0.05, 0) is 51.9 Å². The maximum absolute atomic E-state index is 12.7. The van der Waals surface area contributed by atoms with E-state index in [0.717, 1.165) is 45.2 Å². The number of carbonyl (C=O) groups is 2. The molecule has 2 rings (SSSR count). The molecule has 2 aliphatic rings. The molecular weight excluding hydrogens is 268 g/mol. The molecule has 120 valence electrons. The summed E-state index contributed by atoms with van der Waals surface area (Å²) in [6.07, 6.45) is 4.99. The molecule has 1 heterocycles. The number of carboxylic acid groups (broad SMARTS) is 1. The number of hydrogen-bond donors (Lipinski definition) is 1. The summed E-state index contributed by atoms with van der Waals surface area (Å²) in [6, 6.07) is 0.538. The molecule has 1 atom stereocenters. The number of carbonyl (C=O) groups excluding carboxylic acids is 1. The Labute approximate surface area is 127 Å². The number of hydrogen-bond acceptors (Lipinski definition) is 2. The van der Waals surface area contributed by atoms with Gasteiger partial charge < -0.3 is 14.9 Å². The number of likely N-dealkylation sites (tertiary alicyclic amines) is 1. The third-order valence-electron chi connectivity index (χ3n) is 4.96. The van der Waals surface area contributed by atoms with E-state index < -0.39 is 11.4 Å². The number of urea groups is 1. The van der Waals surface area contributed by atoms with Crippen molar-refractivity contribution < 1.29 is 14.7 Å².